The van der Waals surface area contributed by atoms with Gasteiger partial charge in [0.2, 0.25) is 0 Å². The summed E-state index contributed by atoms with van der Waals surface area (Å²) in [7, 11) is 0. The van der Waals surface area contributed by atoms with Gasteiger partial charge in [0.05, 0.1) is 11.3 Å². The molecule has 0 atom stereocenters. The highest BCUT2D eigenvalue weighted by atomic mass is 16.3. The molecule has 4 aromatic rings. The number of aromatic hydroxyl groups is 1. The third-order valence-corrected chi connectivity index (χ3v) is 4.40. The molecule has 3 aromatic carbocycles. The van der Waals surface area contributed by atoms with Crippen LogP contribution in [0.5, 0.6) is 5.75 Å². The number of rotatable bonds is 6. The number of para-hydroxylation sites is 1. The highest BCUT2D eigenvalue weighted by Gasteiger charge is 2.16. The number of carbonyl (C=O) groups excluding carboxylic acids is 1. The normalized spacial score (nSPS) is 10.9. The summed E-state index contributed by atoms with van der Waals surface area (Å²) in [6.07, 6.45) is 4.82. The van der Waals surface area contributed by atoms with E-state index in [0.717, 1.165) is 16.9 Å². The molecule has 0 unspecified atom stereocenters. The van der Waals surface area contributed by atoms with E-state index in [0.29, 0.717) is 11.3 Å². The summed E-state index contributed by atoms with van der Waals surface area (Å²) in [5, 5.41) is 17.0. The average Bonchev–Trinajstić information content (AvgIpc) is 3.22. The molecular formula is C24H19N3O2. The molecule has 4 rings (SSSR count). The second-order valence-electron chi connectivity index (χ2n) is 6.43. The number of carbonyl (C=O) groups is 1. The predicted octanol–water partition coefficient (Wildman–Crippen LogP) is 5.05. The van der Waals surface area contributed by atoms with Gasteiger partial charge in [-0.3, -0.25) is 4.79 Å². The predicted molar refractivity (Wildman–Crippen MR) is 114 cm³/mol. The Labute approximate surface area is 168 Å². The largest absolute Gasteiger partial charge is 0.508 e. The highest BCUT2D eigenvalue weighted by Crippen LogP contribution is 2.24. The fraction of sp³-hybridized carbons (Fsp3) is 0. The van der Waals surface area contributed by atoms with Gasteiger partial charge in [-0.1, -0.05) is 48.5 Å². The molecule has 0 saturated heterocycles. The van der Waals surface area contributed by atoms with Crippen molar-refractivity contribution in [3.05, 3.63) is 109 Å². The first-order valence-corrected chi connectivity index (χ1v) is 9.18. The molecule has 5 nitrogen and oxygen atoms in total. The van der Waals surface area contributed by atoms with E-state index in [9.17, 15) is 9.90 Å². The minimum absolute atomic E-state index is 0.155. The first kappa shape index (κ1) is 18.3. The van der Waals surface area contributed by atoms with Crippen LogP contribution in [-0.4, -0.2) is 20.7 Å². The number of phenolic OH excluding ortho intramolecular Hbond substituents is 1. The maximum absolute atomic E-state index is 12.9. The smallest absolute Gasteiger partial charge is 0.191 e. The van der Waals surface area contributed by atoms with Crippen molar-refractivity contribution in [2.45, 2.75) is 0 Å². The zero-order valence-corrected chi connectivity index (χ0v) is 15.6. The van der Waals surface area contributed by atoms with E-state index < -0.39 is 0 Å². The molecule has 0 aliphatic heterocycles. The van der Waals surface area contributed by atoms with Gasteiger partial charge in [0.25, 0.3) is 0 Å². The zero-order valence-electron chi connectivity index (χ0n) is 15.6. The SMILES string of the molecule is O=C(/C=C\Nc1ccc(O)cc1)c1cn(-c2ccccc2)nc1-c1ccccc1. The molecule has 2 N–H and O–H groups in total. The van der Waals surface area contributed by atoms with Gasteiger partial charge >= 0.3 is 0 Å². The van der Waals surface area contributed by atoms with Crippen molar-refractivity contribution < 1.29 is 9.90 Å². The van der Waals surface area contributed by atoms with Crippen LogP contribution in [0.4, 0.5) is 5.69 Å². The second-order valence-corrected chi connectivity index (χ2v) is 6.43. The van der Waals surface area contributed by atoms with Gasteiger partial charge in [0.15, 0.2) is 5.78 Å². The van der Waals surface area contributed by atoms with Gasteiger partial charge in [0.1, 0.15) is 11.4 Å². The van der Waals surface area contributed by atoms with Crippen molar-refractivity contribution >= 4 is 11.5 Å². The minimum atomic E-state index is -0.155. The van der Waals surface area contributed by atoms with Gasteiger partial charge in [-0.2, -0.15) is 5.10 Å². The standard InChI is InChI=1S/C24H19N3O2/c28-21-13-11-19(12-14-21)25-16-15-23(29)22-17-27(20-9-5-2-6-10-20)26-24(22)18-7-3-1-4-8-18/h1-17,25,28H/b16-15-. The summed E-state index contributed by atoms with van der Waals surface area (Å²) in [5.74, 6) is 0.0359. The zero-order chi connectivity index (χ0) is 20.1. The average molecular weight is 381 g/mol. The molecule has 0 bridgehead atoms. The van der Waals surface area contributed by atoms with Gasteiger partial charge in [0, 0.05) is 29.7 Å². The van der Waals surface area contributed by atoms with E-state index >= 15 is 0 Å². The first-order valence-electron chi connectivity index (χ1n) is 9.18. The third kappa shape index (κ3) is 4.25. The van der Waals surface area contributed by atoms with Crippen molar-refractivity contribution in [3.63, 3.8) is 0 Å². The van der Waals surface area contributed by atoms with Crippen LogP contribution in [0.2, 0.25) is 0 Å². The van der Waals surface area contributed by atoms with Crippen molar-refractivity contribution in [2.75, 3.05) is 5.32 Å². The van der Waals surface area contributed by atoms with Crippen LogP contribution in [0.3, 0.4) is 0 Å². The number of ketones is 1. The van der Waals surface area contributed by atoms with Crippen molar-refractivity contribution in [2.24, 2.45) is 0 Å². The quantitative estimate of drug-likeness (QED) is 0.278. The Kier molecular flexibility index (Phi) is 5.21. The maximum atomic E-state index is 12.9. The van der Waals surface area contributed by atoms with Crippen LogP contribution in [0.15, 0.2) is 103 Å². The van der Waals surface area contributed by atoms with Crippen molar-refractivity contribution in [3.8, 4) is 22.7 Å². The van der Waals surface area contributed by atoms with Crippen LogP contribution in [0, 0.1) is 0 Å². The molecule has 0 aliphatic carbocycles. The number of nitrogens with one attached hydrogen (secondary N) is 1. The molecule has 0 aliphatic rings. The Morgan fingerprint density at radius 2 is 1.55 bits per heavy atom. The van der Waals surface area contributed by atoms with Gasteiger partial charge in [-0.05, 0) is 36.4 Å². The van der Waals surface area contributed by atoms with Gasteiger partial charge in [-0.25, -0.2) is 4.68 Å². The molecule has 0 fully saturated rings. The first-order chi connectivity index (χ1) is 14.2. The van der Waals surface area contributed by atoms with Crippen LogP contribution >= 0.6 is 0 Å². The van der Waals surface area contributed by atoms with E-state index in [1.807, 2.05) is 60.7 Å². The number of allylic oxidation sites excluding steroid dienone is 1. The number of aromatic nitrogens is 2. The Morgan fingerprint density at radius 1 is 0.897 bits per heavy atom. The molecule has 1 aromatic heterocycles. The Bertz CT molecular complexity index is 1130. The number of hydrogen-bond donors (Lipinski definition) is 2. The number of hydrogen-bond acceptors (Lipinski definition) is 4. The van der Waals surface area contributed by atoms with Crippen LogP contribution < -0.4 is 5.32 Å². The summed E-state index contributed by atoms with van der Waals surface area (Å²) in [6, 6.07) is 26.0. The molecule has 0 radical (unpaired) electrons. The minimum Gasteiger partial charge on any atom is -0.508 e. The van der Waals surface area contributed by atoms with Crippen molar-refractivity contribution in [1.82, 2.24) is 9.78 Å². The highest BCUT2D eigenvalue weighted by molar-refractivity contribution is 6.08. The lowest BCUT2D eigenvalue weighted by Gasteiger charge is -2.01. The summed E-state index contributed by atoms with van der Waals surface area (Å²) in [5.41, 5.74) is 3.69. The van der Waals surface area contributed by atoms with Crippen LogP contribution in [0.25, 0.3) is 16.9 Å². The Balaban J connectivity index is 1.64. The van der Waals surface area contributed by atoms with Crippen LogP contribution in [0.1, 0.15) is 10.4 Å². The fourth-order valence-corrected chi connectivity index (χ4v) is 2.94. The second kappa shape index (κ2) is 8.27. The Hall–Kier alpha value is -4.12. The third-order valence-electron chi connectivity index (χ3n) is 4.40. The molecule has 142 valence electrons. The molecule has 0 spiro atoms. The monoisotopic (exact) mass is 381 g/mol. The van der Waals surface area contributed by atoms with E-state index in [-0.39, 0.29) is 11.5 Å². The summed E-state index contributed by atoms with van der Waals surface area (Å²) in [4.78, 5) is 12.9. The van der Waals surface area contributed by atoms with E-state index in [1.54, 1.807) is 41.3 Å². The molecule has 29 heavy (non-hydrogen) atoms. The van der Waals surface area contributed by atoms with Gasteiger partial charge in [-0.15, -0.1) is 0 Å². The number of anilines is 1. The lowest BCUT2D eigenvalue weighted by Crippen LogP contribution is -1.97. The maximum Gasteiger partial charge on any atom is 0.191 e. The lowest BCUT2D eigenvalue weighted by atomic mass is 10.1. The topological polar surface area (TPSA) is 67.2 Å². The van der Waals surface area contributed by atoms with E-state index in [2.05, 4.69) is 10.4 Å². The molecule has 0 amide bonds. The molecule has 5 heteroatoms. The summed E-state index contributed by atoms with van der Waals surface area (Å²) < 4.78 is 1.72. The number of phenols is 1. The van der Waals surface area contributed by atoms with Crippen molar-refractivity contribution in [1.29, 1.82) is 0 Å². The lowest BCUT2D eigenvalue weighted by molar-refractivity contribution is 0.104. The Morgan fingerprint density at radius 3 is 2.24 bits per heavy atom. The van der Waals surface area contributed by atoms with E-state index in [1.165, 1.54) is 6.08 Å². The fourth-order valence-electron chi connectivity index (χ4n) is 2.94. The number of nitrogens with zero attached hydrogens (tertiary/aromatic N) is 2. The number of benzene rings is 3. The van der Waals surface area contributed by atoms with Crippen LogP contribution in [-0.2, 0) is 0 Å². The molecule has 0 saturated carbocycles. The molecular weight excluding hydrogens is 362 g/mol. The molecule has 1 heterocycles. The summed E-state index contributed by atoms with van der Waals surface area (Å²) in [6.45, 7) is 0. The summed E-state index contributed by atoms with van der Waals surface area (Å²) >= 11 is 0. The van der Waals surface area contributed by atoms with Gasteiger partial charge < -0.3 is 10.4 Å². The van der Waals surface area contributed by atoms with E-state index in [4.69, 9.17) is 0 Å².